The minimum atomic E-state index is -2.02. The molecule has 3 aromatic carbocycles. The van der Waals surface area contributed by atoms with Crippen molar-refractivity contribution in [2.75, 3.05) is 26.5 Å². The molecule has 0 aliphatic rings. The maximum atomic E-state index is 6.36. The Morgan fingerprint density at radius 2 is 1.13 bits per heavy atom. The van der Waals surface area contributed by atoms with Crippen LogP contribution in [-0.2, 0) is 4.74 Å². The standard InChI is InChI=1S/C28H33N6OPS2/c1-22(31-33-27(37)29-3)23(2)32-34-28(38)30-19-20-35-21-36(24-13-7-4-8-14-24,25-15-9-5-10-16-25)26-17-11-6-12-18-26/h4-18H,19-21H2,1-3H3,(H3-,29,30,31,32,33,34,37,38)/p+1. The Morgan fingerprint density at radius 1 is 0.711 bits per heavy atom. The highest BCUT2D eigenvalue weighted by Gasteiger charge is 2.45. The molecule has 0 unspecified atom stereocenters. The highest BCUT2D eigenvalue weighted by Crippen LogP contribution is 2.55. The SMILES string of the molecule is CNC(=S)N/N=C(C)/C(C)=N/NC(=S)NCCOC[P+](c1ccccc1)(c1ccccc1)c1ccccc1. The number of rotatable bonds is 11. The van der Waals surface area contributed by atoms with Crippen LogP contribution in [0.25, 0.3) is 0 Å². The van der Waals surface area contributed by atoms with E-state index in [0.29, 0.717) is 41.1 Å². The lowest BCUT2D eigenvalue weighted by Gasteiger charge is -2.27. The lowest BCUT2D eigenvalue weighted by atomic mass is 10.3. The molecule has 0 amide bonds. The summed E-state index contributed by atoms with van der Waals surface area (Å²) in [5.74, 6) is 0. The van der Waals surface area contributed by atoms with E-state index in [1.54, 1.807) is 7.05 Å². The van der Waals surface area contributed by atoms with Crippen molar-refractivity contribution >= 4 is 69.3 Å². The molecule has 7 nitrogen and oxygen atoms in total. The normalized spacial score (nSPS) is 12.0. The van der Waals surface area contributed by atoms with Crippen LogP contribution >= 0.6 is 31.7 Å². The van der Waals surface area contributed by atoms with Gasteiger partial charge in [0.1, 0.15) is 23.2 Å². The van der Waals surface area contributed by atoms with Crippen molar-refractivity contribution in [1.29, 1.82) is 0 Å². The van der Waals surface area contributed by atoms with Gasteiger partial charge < -0.3 is 15.4 Å². The quantitative estimate of drug-likeness (QED) is 0.0935. The number of thiocarbonyl (C=S) groups is 2. The third-order valence-electron chi connectivity index (χ3n) is 5.81. The fraction of sp³-hybridized carbons (Fsp3) is 0.214. The van der Waals surface area contributed by atoms with Gasteiger partial charge in [-0.2, -0.15) is 10.2 Å². The summed E-state index contributed by atoms with van der Waals surface area (Å²) < 4.78 is 6.36. The van der Waals surface area contributed by atoms with E-state index < -0.39 is 7.26 Å². The molecule has 0 heterocycles. The molecule has 0 saturated heterocycles. The van der Waals surface area contributed by atoms with Crippen LogP contribution in [0.4, 0.5) is 0 Å². The van der Waals surface area contributed by atoms with E-state index in [4.69, 9.17) is 29.2 Å². The van der Waals surface area contributed by atoms with Gasteiger partial charge in [-0.05, 0) is 74.7 Å². The highest BCUT2D eigenvalue weighted by molar-refractivity contribution is 7.95. The topological polar surface area (TPSA) is 82.1 Å². The second-order valence-electron chi connectivity index (χ2n) is 8.31. The van der Waals surface area contributed by atoms with Gasteiger partial charge in [0.05, 0.1) is 18.0 Å². The van der Waals surface area contributed by atoms with Gasteiger partial charge in [-0.3, -0.25) is 10.9 Å². The summed E-state index contributed by atoms with van der Waals surface area (Å²) in [7, 11) is -0.298. The first-order chi connectivity index (χ1) is 18.5. The van der Waals surface area contributed by atoms with Gasteiger partial charge in [-0.25, -0.2) is 0 Å². The van der Waals surface area contributed by atoms with E-state index in [9.17, 15) is 0 Å². The molecule has 198 valence electrons. The second kappa shape index (κ2) is 15.2. The third-order valence-corrected chi connectivity index (χ3v) is 10.4. The number of nitrogens with one attached hydrogen (secondary N) is 4. The highest BCUT2D eigenvalue weighted by atomic mass is 32.1. The van der Waals surface area contributed by atoms with E-state index in [0.717, 1.165) is 0 Å². The lowest BCUT2D eigenvalue weighted by molar-refractivity contribution is 0.185. The Bertz CT molecular complexity index is 1140. The smallest absolute Gasteiger partial charge is 0.187 e. The first-order valence-corrected chi connectivity index (χ1v) is 15.0. The van der Waals surface area contributed by atoms with Gasteiger partial charge in [0, 0.05) is 13.6 Å². The van der Waals surface area contributed by atoms with Crippen molar-refractivity contribution in [3.8, 4) is 0 Å². The summed E-state index contributed by atoms with van der Waals surface area (Å²) in [6.07, 6.45) is 0.585. The molecular weight excluding hydrogens is 531 g/mol. The molecule has 10 heteroatoms. The number of hydrogen-bond donors (Lipinski definition) is 4. The Hall–Kier alpha value is -3.23. The Kier molecular flexibility index (Phi) is 11.8. The summed E-state index contributed by atoms with van der Waals surface area (Å²) in [5, 5.41) is 19.1. The fourth-order valence-corrected chi connectivity index (χ4v) is 7.66. The summed E-state index contributed by atoms with van der Waals surface area (Å²) in [4.78, 5) is 0. The molecular formula is C28H34N6OPS2+. The Balaban J connectivity index is 1.64. The van der Waals surface area contributed by atoms with Crippen molar-refractivity contribution in [1.82, 2.24) is 21.5 Å². The number of benzene rings is 3. The summed E-state index contributed by atoms with van der Waals surface area (Å²) in [6, 6.07) is 32.0. The second-order valence-corrected chi connectivity index (χ2v) is 12.6. The van der Waals surface area contributed by atoms with Crippen LogP contribution in [0.3, 0.4) is 0 Å². The van der Waals surface area contributed by atoms with E-state index in [2.05, 4.69) is 123 Å². The van der Waals surface area contributed by atoms with Crippen molar-refractivity contribution in [3.63, 3.8) is 0 Å². The summed E-state index contributed by atoms with van der Waals surface area (Å²) >= 11 is 10.4. The molecule has 0 spiro atoms. The van der Waals surface area contributed by atoms with E-state index in [1.807, 2.05) is 13.8 Å². The van der Waals surface area contributed by atoms with Gasteiger partial charge in [0.2, 0.25) is 0 Å². The number of hydrogen-bond acceptors (Lipinski definition) is 5. The lowest BCUT2D eigenvalue weighted by Crippen LogP contribution is -2.37. The van der Waals surface area contributed by atoms with E-state index in [1.165, 1.54) is 15.9 Å². The van der Waals surface area contributed by atoms with Gasteiger partial charge in [0.25, 0.3) is 0 Å². The summed E-state index contributed by atoms with van der Waals surface area (Å²) in [6.45, 7) is 4.70. The van der Waals surface area contributed by atoms with Gasteiger partial charge in [-0.1, -0.05) is 54.6 Å². The van der Waals surface area contributed by atoms with E-state index in [-0.39, 0.29) is 0 Å². The molecule has 0 aliphatic heterocycles. The van der Waals surface area contributed by atoms with E-state index >= 15 is 0 Å². The van der Waals surface area contributed by atoms with Crippen LogP contribution in [0.1, 0.15) is 13.8 Å². The maximum Gasteiger partial charge on any atom is 0.187 e. The van der Waals surface area contributed by atoms with Crippen LogP contribution in [-0.4, -0.2) is 48.2 Å². The molecule has 0 saturated carbocycles. The molecule has 38 heavy (non-hydrogen) atoms. The first kappa shape index (κ1) is 29.3. The van der Waals surface area contributed by atoms with Crippen molar-refractivity contribution in [3.05, 3.63) is 91.0 Å². The minimum absolute atomic E-state index is 0.412. The van der Waals surface area contributed by atoms with Crippen LogP contribution in [0.2, 0.25) is 0 Å². The number of nitrogens with zero attached hydrogens (tertiary/aromatic N) is 2. The molecule has 0 fully saturated rings. The molecule has 3 aromatic rings. The fourth-order valence-electron chi connectivity index (χ4n) is 3.68. The predicted octanol–water partition coefficient (Wildman–Crippen LogP) is 3.26. The van der Waals surface area contributed by atoms with Gasteiger partial charge in [-0.15, -0.1) is 0 Å². The Labute approximate surface area is 236 Å². The molecule has 0 bridgehead atoms. The molecule has 0 atom stereocenters. The predicted molar refractivity (Wildman–Crippen MR) is 171 cm³/mol. The molecule has 0 aromatic heterocycles. The monoisotopic (exact) mass is 565 g/mol. The van der Waals surface area contributed by atoms with Crippen molar-refractivity contribution in [2.45, 2.75) is 13.8 Å². The number of hydrazone groups is 2. The zero-order valence-electron chi connectivity index (χ0n) is 21.8. The average molecular weight is 566 g/mol. The maximum absolute atomic E-state index is 6.36. The van der Waals surface area contributed by atoms with Crippen LogP contribution in [0.5, 0.6) is 0 Å². The first-order valence-electron chi connectivity index (χ1n) is 12.2. The largest absolute Gasteiger partial charge is 0.364 e. The molecule has 4 N–H and O–H groups in total. The van der Waals surface area contributed by atoms with Gasteiger partial charge >= 0.3 is 0 Å². The van der Waals surface area contributed by atoms with Crippen molar-refractivity contribution < 1.29 is 4.74 Å². The van der Waals surface area contributed by atoms with Crippen LogP contribution in [0, 0.1) is 0 Å². The Morgan fingerprint density at radius 3 is 1.55 bits per heavy atom. The molecule has 0 aliphatic carbocycles. The number of ether oxygens (including phenoxy) is 1. The zero-order valence-corrected chi connectivity index (χ0v) is 24.4. The average Bonchev–Trinajstić information content (AvgIpc) is 2.97. The van der Waals surface area contributed by atoms with Gasteiger partial charge in [0.15, 0.2) is 16.6 Å². The molecule has 3 rings (SSSR count). The zero-order chi connectivity index (χ0) is 27.2. The minimum Gasteiger partial charge on any atom is -0.364 e. The van der Waals surface area contributed by atoms with Crippen LogP contribution < -0.4 is 37.4 Å². The van der Waals surface area contributed by atoms with Crippen molar-refractivity contribution in [2.24, 2.45) is 10.2 Å². The molecule has 0 radical (unpaired) electrons. The third kappa shape index (κ3) is 8.13. The summed E-state index contributed by atoms with van der Waals surface area (Å²) in [5.41, 5.74) is 6.95. The van der Waals surface area contributed by atoms with Crippen LogP contribution in [0.15, 0.2) is 101 Å².